The molecule has 4 rings (SSSR count). The van der Waals surface area contributed by atoms with Gasteiger partial charge in [0.15, 0.2) is 0 Å². The van der Waals surface area contributed by atoms with Crippen LogP contribution >= 0.6 is 15.9 Å². The molecular formula is C16H19BrN4O2S. The molecule has 1 aliphatic carbocycles. The summed E-state index contributed by atoms with van der Waals surface area (Å²) in [6, 6.07) is 8.30. The lowest BCUT2D eigenvalue weighted by Crippen LogP contribution is -2.68. The highest BCUT2D eigenvalue weighted by Crippen LogP contribution is 2.62. The number of nitrogens with zero attached hydrogens (tertiary/aromatic N) is 4. The summed E-state index contributed by atoms with van der Waals surface area (Å²) in [5.74, 6) is 0.948. The number of hydrogen-bond acceptors (Lipinski definition) is 4. The van der Waals surface area contributed by atoms with E-state index in [0.717, 1.165) is 23.1 Å². The monoisotopic (exact) mass is 410 g/mol. The molecule has 24 heavy (non-hydrogen) atoms. The normalized spacial score (nSPS) is 22.1. The van der Waals surface area contributed by atoms with Crippen LogP contribution in [0, 0.1) is 5.41 Å². The van der Waals surface area contributed by atoms with Crippen molar-refractivity contribution in [1.82, 2.24) is 19.1 Å². The van der Waals surface area contributed by atoms with Crippen molar-refractivity contribution in [1.29, 1.82) is 0 Å². The van der Waals surface area contributed by atoms with Crippen LogP contribution in [0.3, 0.4) is 0 Å². The van der Waals surface area contributed by atoms with Gasteiger partial charge in [0.1, 0.15) is 12.2 Å². The summed E-state index contributed by atoms with van der Waals surface area (Å²) >= 11 is 3.55. The van der Waals surface area contributed by atoms with Crippen molar-refractivity contribution < 1.29 is 8.42 Å². The van der Waals surface area contributed by atoms with Crippen molar-refractivity contribution in [3.63, 3.8) is 0 Å². The smallest absolute Gasteiger partial charge is 0.211 e. The maximum absolute atomic E-state index is 11.7. The molecule has 0 amide bonds. The fraction of sp³-hybridized carbons (Fsp3) is 0.500. The molecule has 128 valence electrons. The van der Waals surface area contributed by atoms with Crippen molar-refractivity contribution in [2.24, 2.45) is 12.5 Å². The number of aromatic nitrogens is 3. The highest BCUT2D eigenvalue weighted by molar-refractivity contribution is 9.10. The molecule has 1 aromatic heterocycles. The number of rotatable bonds is 3. The topological polar surface area (TPSA) is 68.1 Å². The van der Waals surface area contributed by atoms with Gasteiger partial charge in [0.25, 0.3) is 0 Å². The number of halogens is 1. The molecule has 1 saturated carbocycles. The minimum absolute atomic E-state index is 0.0668. The standard InChI is InChI=1S/C16H19BrN4O2S/c1-20-11-18-19-14(20)16(12-4-3-5-13(17)6-12)7-15(8-16)9-21(10-15)24(2,22)23/h3-6,11H,7-10H2,1-2H3. The Bertz CT molecular complexity index is 894. The molecule has 2 fully saturated rings. The van der Waals surface area contributed by atoms with Gasteiger partial charge in [-0.15, -0.1) is 10.2 Å². The van der Waals surface area contributed by atoms with Crippen LogP contribution in [0.2, 0.25) is 0 Å². The van der Waals surface area contributed by atoms with Crippen LogP contribution in [-0.4, -0.2) is 46.8 Å². The van der Waals surface area contributed by atoms with Gasteiger partial charge in [-0.05, 0) is 30.5 Å². The SMILES string of the molecule is Cn1cnnc1C1(c2cccc(Br)c2)CC2(CN(S(C)(=O)=O)C2)C1. The minimum Gasteiger partial charge on any atom is -0.320 e. The Morgan fingerprint density at radius 2 is 1.96 bits per heavy atom. The number of sulfonamides is 1. The van der Waals surface area contributed by atoms with E-state index in [4.69, 9.17) is 0 Å². The van der Waals surface area contributed by atoms with Gasteiger partial charge in [0.05, 0.1) is 11.7 Å². The summed E-state index contributed by atoms with van der Waals surface area (Å²) in [5, 5.41) is 8.43. The third-order valence-corrected chi connectivity index (χ3v) is 7.05. The molecule has 2 heterocycles. The van der Waals surface area contributed by atoms with E-state index in [1.807, 2.05) is 23.7 Å². The van der Waals surface area contributed by atoms with Crippen molar-refractivity contribution in [2.75, 3.05) is 19.3 Å². The Balaban J connectivity index is 1.68. The summed E-state index contributed by atoms with van der Waals surface area (Å²) in [5.41, 5.74) is 1.08. The lowest BCUT2D eigenvalue weighted by molar-refractivity contribution is -0.0606. The predicted molar refractivity (Wildman–Crippen MR) is 94.0 cm³/mol. The first-order valence-corrected chi connectivity index (χ1v) is 10.4. The van der Waals surface area contributed by atoms with Gasteiger partial charge in [-0.1, -0.05) is 28.1 Å². The Morgan fingerprint density at radius 3 is 2.50 bits per heavy atom. The van der Waals surface area contributed by atoms with E-state index in [0.29, 0.717) is 13.1 Å². The van der Waals surface area contributed by atoms with Crippen molar-refractivity contribution in [2.45, 2.75) is 18.3 Å². The molecule has 1 aromatic carbocycles. The van der Waals surface area contributed by atoms with Crippen LogP contribution in [-0.2, 0) is 22.5 Å². The molecule has 0 unspecified atom stereocenters. The zero-order valence-corrected chi connectivity index (χ0v) is 16.0. The second-order valence-corrected chi connectivity index (χ2v) is 10.1. The Morgan fingerprint density at radius 1 is 1.25 bits per heavy atom. The maximum Gasteiger partial charge on any atom is 0.211 e. The number of aryl methyl sites for hydroxylation is 1. The van der Waals surface area contributed by atoms with Crippen molar-refractivity contribution >= 4 is 26.0 Å². The molecule has 1 saturated heterocycles. The van der Waals surface area contributed by atoms with Crippen LogP contribution < -0.4 is 0 Å². The van der Waals surface area contributed by atoms with Crippen LogP contribution in [0.4, 0.5) is 0 Å². The molecule has 2 aromatic rings. The molecule has 8 heteroatoms. The Kier molecular flexibility index (Phi) is 3.47. The van der Waals surface area contributed by atoms with E-state index in [9.17, 15) is 8.42 Å². The Hall–Kier alpha value is -1.25. The first kappa shape index (κ1) is 16.2. The molecule has 0 atom stereocenters. The minimum atomic E-state index is -3.09. The van der Waals surface area contributed by atoms with Crippen LogP contribution in [0.25, 0.3) is 0 Å². The van der Waals surface area contributed by atoms with E-state index < -0.39 is 10.0 Å². The lowest BCUT2D eigenvalue weighted by Gasteiger charge is -2.63. The molecule has 0 N–H and O–H groups in total. The van der Waals surface area contributed by atoms with E-state index >= 15 is 0 Å². The molecule has 1 spiro atoms. The molecule has 0 bridgehead atoms. The largest absolute Gasteiger partial charge is 0.320 e. The molecule has 1 aliphatic heterocycles. The quantitative estimate of drug-likeness (QED) is 0.774. The zero-order chi connectivity index (χ0) is 17.2. The van der Waals surface area contributed by atoms with E-state index in [2.05, 4.69) is 38.3 Å². The first-order valence-electron chi connectivity index (χ1n) is 7.80. The van der Waals surface area contributed by atoms with Crippen molar-refractivity contribution in [3.05, 3.63) is 46.5 Å². The summed E-state index contributed by atoms with van der Waals surface area (Å²) < 4.78 is 28.0. The van der Waals surface area contributed by atoms with Gasteiger partial charge in [0.2, 0.25) is 10.0 Å². The second-order valence-electron chi connectivity index (χ2n) is 7.24. The second kappa shape index (κ2) is 5.12. The maximum atomic E-state index is 11.7. The average molecular weight is 411 g/mol. The first-order chi connectivity index (χ1) is 11.2. The lowest BCUT2D eigenvalue weighted by atomic mass is 9.47. The summed E-state index contributed by atoms with van der Waals surface area (Å²) in [7, 11) is -1.13. The molecule has 0 radical (unpaired) electrons. The summed E-state index contributed by atoms with van der Waals surface area (Å²) in [6.07, 6.45) is 4.80. The summed E-state index contributed by atoms with van der Waals surface area (Å²) in [6.45, 7) is 1.22. The number of hydrogen-bond donors (Lipinski definition) is 0. The van der Waals surface area contributed by atoms with Gasteiger partial charge >= 0.3 is 0 Å². The van der Waals surface area contributed by atoms with Gasteiger partial charge in [-0.2, -0.15) is 0 Å². The Labute approximate surface area is 150 Å². The highest BCUT2D eigenvalue weighted by atomic mass is 79.9. The molecule has 6 nitrogen and oxygen atoms in total. The molecular weight excluding hydrogens is 392 g/mol. The van der Waals surface area contributed by atoms with Crippen molar-refractivity contribution in [3.8, 4) is 0 Å². The van der Waals surface area contributed by atoms with E-state index in [1.54, 1.807) is 10.6 Å². The summed E-state index contributed by atoms with van der Waals surface area (Å²) in [4.78, 5) is 0. The van der Waals surface area contributed by atoms with Crippen LogP contribution in [0.5, 0.6) is 0 Å². The van der Waals surface area contributed by atoms with Gasteiger partial charge in [-0.25, -0.2) is 12.7 Å². The van der Waals surface area contributed by atoms with Gasteiger partial charge < -0.3 is 4.57 Å². The molecule has 2 aliphatic rings. The zero-order valence-electron chi connectivity index (χ0n) is 13.6. The van der Waals surface area contributed by atoms with Crippen LogP contribution in [0.15, 0.2) is 35.1 Å². The number of benzene rings is 1. The highest BCUT2D eigenvalue weighted by Gasteiger charge is 2.64. The third kappa shape index (κ3) is 2.34. The van der Waals surface area contributed by atoms with E-state index in [1.165, 1.54) is 11.8 Å². The average Bonchev–Trinajstić information content (AvgIpc) is 2.82. The third-order valence-electron chi connectivity index (χ3n) is 5.36. The van der Waals surface area contributed by atoms with Gasteiger partial charge in [0, 0.05) is 30.0 Å². The fourth-order valence-corrected chi connectivity index (χ4v) is 5.80. The fourth-order valence-electron chi connectivity index (χ4n) is 4.38. The predicted octanol–water partition coefficient (Wildman–Crippen LogP) is 1.92. The van der Waals surface area contributed by atoms with Gasteiger partial charge in [-0.3, -0.25) is 0 Å². The van der Waals surface area contributed by atoms with Crippen LogP contribution in [0.1, 0.15) is 24.2 Å². The van der Waals surface area contributed by atoms with E-state index in [-0.39, 0.29) is 10.8 Å².